The molecule has 1 aliphatic rings. The van der Waals surface area contributed by atoms with E-state index in [-0.39, 0.29) is 0 Å². The Labute approximate surface area is 84.8 Å². The number of anilines is 1. The molecular formula is C12H14N2. The number of hydrogen-bond acceptors (Lipinski definition) is 2. The van der Waals surface area contributed by atoms with E-state index >= 15 is 0 Å². The number of fused-ring (bicyclic) bond motifs is 1. The summed E-state index contributed by atoms with van der Waals surface area (Å²) in [5, 5.41) is 8.95. The molecule has 72 valence electrons. The Bertz CT molecular complexity index is 376. The lowest BCUT2D eigenvalue weighted by atomic mass is 10.1. The number of nitriles is 1. The predicted octanol–water partition coefficient (Wildman–Crippen LogP) is 2.33. The molecule has 0 atom stereocenters. The van der Waals surface area contributed by atoms with Crippen molar-refractivity contribution < 1.29 is 0 Å². The summed E-state index contributed by atoms with van der Waals surface area (Å²) in [5.41, 5.74) is 3.36. The Balaban J connectivity index is 2.38. The van der Waals surface area contributed by atoms with Gasteiger partial charge >= 0.3 is 0 Å². The van der Waals surface area contributed by atoms with Gasteiger partial charge in [0.25, 0.3) is 0 Å². The van der Waals surface area contributed by atoms with Crippen LogP contribution in [0.2, 0.25) is 0 Å². The largest absolute Gasteiger partial charge is 0.371 e. The third kappa shape index (κ3) is 1.35. The maximum absolute atomic E-state index is 8.95. The van der Waals surface area contributed by atoms with Crippen molar-refractivity contribution >= 4 is 5.69 Å². The molecule has 0 fully saturated rings. The van der Waals surface area contributed by atoms with Crippen LogP contribution in [0.5, 0.6) is 0 Å². The number of nitrogens with zero attached hydrogens (tertiary/aromatic N) is 2. The second-order valence-electron chi connectivity index (χ2n) is 3.65. The summed E-state index contributed by atoms with van der Waals surface area (Å²) in [6.45, 7) is 4.36. The quantitative estimate of drug-likeness (QED) is 0.708. The molecule has 0 saturated heterocycles. The molecule has 1 aliphatic heterocycles. The van der Waals surface area contributed by atoms with Gasteiger partial charge in [-0.05, 0) is 30.5 Å². The van der Waals surface area contributed by atoms with Gasteiger partial charge < -0.3 is 4.90 Å². The Morgan fingerprint density at radius 1 is 1.50 bits per heavy atom. The van der Waals surface area contributed by atoms with Crippen LogP contribution in [-0.2, 0) is 6.42 Å². The van der Waals surface area contributed by atoms with Crippen LogP contribution in [0.3, 0.4) is 0 Å². The van der Waals surface area contributed by atoms with E-state index in [2.05, 4.69) is 24.0 Å². The van der Waals surface area contributed by atoms with Crippen molar-refractivity contribution in [2.24, 2.45) is 0 Å². The topological polar surface area (TPSA) is 27.0 Å². The van der Waals surface area contributed by atoms with Crippen LogP contribution in [-0.4, -0.2) is 13.1 Å². The summed E-state index contributed by atoms with van der Waals surface area (Å²) < 4.78 is 0. The van der Waals surface area contributed by atoms with E-state index in [4.69, 9.17) is 5.26 Å². The molecular weight excluding hydrogens is 172 g/mol. The molecule has 1 heterocycles. The van der Waals surface area contributed by atoms with Crippen LogP contribution in [0.25, 0.3) is 0 Å². The zero-order valence-electron chi connectivity index (χ0n) is 8.45. The van der Waals surface area contributed by atoms with Crippen molar-refractivity contribution in [1.29, 1.82) is 5.26 Å². The molecule has 0 N–H and O–H groups in total. The smallest absolute Gasteiger partial charge is 0.0995 e. The van der Waals surface area contributed by atoms with Gasteiger partial charge in [0.15, 0.2) is 0 Å². The van der Waals surface area contributed by atoms with E-state index in [9.17, 15) is 0 Å². The van der Waals surface area contributed by atoms with Gasteiger partial charge in [-0.1, -0.05) is 13.0 Å². The van der Waals surface area contributed by atoms with Crippen LogP contribution in [0.15, 0.2) is 18.2 Å². The van der Waals surface area contributed by atoms with Gasteiger partial charge in [0.05, 0.1) is 11.6 Å². The number of rotatable bonds is 2. The van der Waals surface area contributed by atoms with Crippen LogP contribution in [0.1, 0.15) is 24.5 Å². The number of hydrogen-bond donors (Lipinski definition) is 0. The highest BCUT2D eigenvalue weighted by Crippen LogP contribution is 2.30. The molecule has 0 saturated carbocycles. The van der Waals surface area contributed by atoms with Crippen LogP contribution in [0.4, 0.5) is 5.69 Å². The van der Waals surface area contributed by atoms with Crippen molar-refractivity contribution in [2.45, 2.75) is 19.8 Å². The summed E-state index contributed by atoms with van der Waals surface area (Å²) in [6.07, 6.45) is 2.19. The first kappa shape index (κ1) is 9.08. The first-order valence-corrected chi connectivity index (χ1v) is 5.13. The maximum atomic E-state index is 8.95. The van der Waals surface area contributed by atoms with Crippen molar-refractivity contribution in [3.63, 3.8) is 0 Å². The molecule has 2 nitrogen and oxygen atoms in total. The fourth-order valence-electron chi connectivity index (χ4n) is 2.11. The summed E-state index contributed by atoms with van der Waals surface area (Å²) in [5.74, 6) is 0. The molecule has 0 bridgehead atoms. The summed E-state index contributed by atoms with van der Waals surface area (Å²) in [7, 11) is 0. The molecule has 2 heteroatoms. The van der Waals surface area contributed by atoms with Crippen molar-refractivity contribution in [1.82, 2.24) is 0 Å². The van der Waals surface area contributed by atoms with Gasteiger partial charge in [0.1, 0.15) is 0 Å². The van der Waals surface area contributed by atoms with Crippen LogP contribution >= 0.6 is 0 Å². The third-order valence-electron chi connectivity index (χ3n) is 2.74. The minimum Gasteiger partial charge on any atom is -0.371 e. The molecule has 0 unspecified atom stereocenters. The molecule has 0 spiro atoms. The first-order valence-electron chi connectivity index (χ1n) is 5.13. The van der Waals surface area contributed by atoms with Gasteiger partial charge in [0, 0.05) is 18.8 Å². The molecule has 0 amide bonds. The van der Waals surface area contributed by atoms with E-state index < -0.39 is 0 Å². The van der Waals surface area contributed by atoms with Gasteiger partial charge in [-0.15, -0.1) is 0 Å². The lowest BCUT2D eigenvalue weighted by Gasteiger charge is -2.17. The fourth-order valence-corrected chi connectivity index (χ4v) is 2.11. The summed E-state index contributed by atoms with van der Waals surface area (Å²) in [4.78, 5) is 2.37. The van der Waals surface area contributed by atoms with Crippen molar-refractivity contribution in [3.05, 3.63) is 29.3 Å². The fraction of sp³-hybridized carbons (Fsp3) is 0.417. The SMILES string of the molecule is CCCN1CCc2c(C#N)cccc21. The Morgan fingerprint density at radius 2 is 2.36 bits per heavy atom. The molecule has 0 aromatic heterocycles. The number of benzene rings is 1. The predicted molar refractivity (Wildman–Crippen MR) is 57.4 cm³/mol. The Hall–Kier alpha value is -1.49. The molecule has 0 radical (unpaired) electrons. The van der Waals surface area contributed by atoms with Crippen LogP contribution < -0.4 is 4.90 Å². The average molecular weight is 186 g/mol. The van der Waals surface area contributed by atoms with E-state index in [0.717, 1.165) is 31.5 Å². The van der Waals surface area contributed by atoms with E-state index in [1.165, 1.54) is 11.3 Å². The van der Waals surface area contributed by atoms with E-state index in [1.807, 2.05) is 12.1 Å². The zero-order valence-corrected chi connectivity index (χ0v) is 8.45. The molecule has 14 heavy (non-hydrogen) atoms. The second kappa shape index (κ2) is 3.71. The first-order chi connectivity index (χ1) is 6.86. The molecule has 0 aliphatic carbocycles. The highest BCUT2D eigenvalue weighted by molar-refractivity contribution is 5.63. The minimum atomic E-state index is 0.848. The summed E-state index contributed by atoms with van der Waals surface area (Å²) >= 11 is 0. The monoisotopic (exact) mass is 186 g/mol. The highest BCUT2D eigenvalue weighted by Gasteiger charge is 2.20. The summed E-state index contributed by atoms with van der Waals surface area (Å²) in [6, 6.07) is 8.28. The molecule has 1 aromatic carbocycles. The second-order valence-corrected chi connectivity index (χ2v) is 3.65. The van der Waals surface area contributed by atoms with Gasteiger partial charge in [-0.25, -0.2) is 0 Å². The van der Waals surface area contributed by atoms with Crippen molar-refractivity contribution in [3.8, 4) is 6.07 Å². The van der Waals surface area contributed by atoms with Gasteiger partial charge in [0.2, 0.25) is 0 Å². The van der Waals surface area contributed by atoms with Crippen molar-refractivity contribution in [2.75, 3.05) is 18.0 Å². The lowest BCUT2D eigenvalue weighted by molar-refractivity contribution is 0.796. The molecule has 1 aromatic rings. The van der Waals surface area contributed by atoms with Gasteiger partial charge in [-0.3, -0.25) is 0 Å². The Morgan fingerprint density at radius 3 is 3.07 bits per heavy atom. The Kier molecular flexibility index (Phi) is 2.41. The average Bonchev–Trinajstić information content (AvgIpc) is 2.62. The zero-order chi connectivity index (χ0) is 9.97. The maximum Gasteiger partial charge on any atom is 0.0995 e. The van der Waals surface area contributed by atoms with Crippen LogP contribution in [0, 0.1) is 11.3 Å². The van der Waals surface area contributed by atoms with E-state index in [1.54, 1.807) is 0 Å². The third-order valence-corrected chi connectivity index (χ3v) is 2.74. The van der Waals surface area contributed by atoms with Gasteiger partial charge in [-0.2, -0.15) is 5.26 Å². The minimum absolute atomic E-state index is 0.848. The lowest BCUT2D eigenvalue weighted by Crippen LogP contribution is -2.20. The highest BCUT2D eigenvalue weighted by atomic mass is 15.1. The normalized spacial score (nSPS) is 13.9. The standard InChI is InChI=1S/C12H14N2/c1-2-7-14-8-6-11-10(9-13)4-3-5-12(11)14/h3-5H,2,6-8H2,1H3. The molecule has 2 rings (SSSR count). The van der Waals surface area contributed by atoms with E-state index in [0.29, 0.717) is 0 Å².